The predicted molar refractivity (Wildman–Crippen MR) is 87.8 cm³/mol. The van der Waals surface area contributed by atoms with Crippen LogP contribution in [0.2, 0.25) is 0 Å². The van der Waals surface area contributed by atoms with Gasteiger partial charge in [0, 0.05) is 25.2 Å². The highest BCUT2D eigenvalue weighted by atomic mass is 16.5. The second kappa shape index (κ2) is 7.19. The Morgan fingerprint density at radius 1 is 1.38 bits per heavy atom. The molecule has 2 amide bonds. The third-order valence-corrected chi connectivity index (χ3v) is 4.47. The van der Waals surface area contributed by atoms with Gasteiger partial charge in [-0.3, -0.25) is 14.5 Å². The van der Waals surface area contributed by atoms with Crippen molar-refractivity contribution in [3.05, 3.63) is 29.8 Å². The number of primary amides is 1. The number of carbonyl (C=O) groups is 2. The van der Waals surface area contributed by atoms with E-state index < -0.39 is 5.91 Å². The average molecular weight is 333 g/mol. The van der Waals surface area contributed by atoms with Crippen LogP contribution in [-0.2, 0) is 9.53 Å². The SMILES string of the molecule is C[C@H]1CN2C[C@H](NC(=O)COc3ccccc3C(N)=O)C[C@H]2CO1. The summed E-state index contributed by atoms with van der Waals surface area (Å²) in [5.41, 5.74) is 5.57. The van der Waals surface area contributed by atoms with Gasteiger partial charge in [0.25, 0.3) is 11.8 Å². The number of fused-ring (bicyclic) bond motifs is 1. The van der Waals surface area contributed by atoms with E-state index in [0.29, 0.717) is 11.8 Å². The lowest BCUT2D eigenvalue weighted by atomic mass is 10.1. The number of nitrogens with two attached hydrogens (primary N) is 1. The molecule has 7 heteroatoms. The number of rotatable bonds is 5. The number of ether oxygens (including phenoxy) is 2. The van der Waals surface area contributed by atoms with Gasteiger partial charge >= 0.3 is 0 Å². The fraction of sp³-hybridized carbons (Fsp3) is 0.529. The summed E-state index contributed by atoms with van der Waals surface area (Å²) < 4.78 is 11.1. The predicted octanol–water partition coefficient (Wildman–Crippen LogP) is 0.142. The van der Waals surface area contributed by atoms with Crippen molar-refractivity contribution in [1.82, 2.24) is 10.2 Å². The van der Waals surface area contributed by atoms with Crippen molar-refractivity contribution < 1.29 is 19.1 Å². The zero-order chi connectivity index (χ0) is 17.1. The third-order valence-electron chi connectivity index (χ3n) is 4.47. The summed E-state index contributed by atoms with van der Waals surface area (Å²) >= 11 is 0. The topological polar surface area (TPSA) is 93.9 Å². The van der Waals surface area contributed by atoms with Gasteiger partial charge in [-0.2, -0.15) is 0 Å². The molecule has 3 atom stereocenters. The van der Waals surface area contributed by atoms with Crippen LogP contribution in [0.4, 0.5) is 0 Å². The van der Waals surface area contributed by atoms with E-state index in [1.54, 1.807) is 24.3 Å². The lowest BCUT2D eigenvalue weighted by molar-refractivity contribution is -0.123. The molecule has 3 rings (SSSR count). The van der Waals surface area contributed by atoms with Crippen LogP contribution in [0.15, 0.2) is 24.3 Å². The Balaban J connectivity index is 1.49. The van der Waals surface area contributed by atoms with Crippen molar-refractivity contribution in [1.29, 1.82) is 0 Å². The number of nitrogens with zero attached hydrogens (tertiary/aromatic N) is 1. The number of benzene rings is 1. The van der Waals surface area contributed by atoms with Gasteiger partial charge in [-0.05, 0) is 25.5 Å². The van der Waals surface area contributed by atoms with Gasteiger partial charge in [0.15, 0.2) is 6.61 Å². The summed E-state index contributed by atoms with van der Waals surface area (Å²) in [4.78, 5) is 25.8. The highest BCUT2D eigenvalue weighted by molar-refractivity contribution is 5.95. The zero-order valence-corrected chi connectivity index (χ0v) is 13.7. The monoisotopic (exact) mass is 333 g/mol. The minimum atomic E-state index is -0.576. The van der Waals surface area contributed by atoms with Crippen molar-refractivity contribution in [3.8, 4) is 5.75 Å². The number of amides is 2. The lowest BCUT2D eigenvalue weighted by Crippen LogP contribution is -2.45. The molecule has 0 aromatic heterocycles. The third kappa shape index (κ3) is 3.85. The average Bonchev–Trinajstić information content (AvgIpc) is 2.94. The summed E-state index contributed by atoms with van der Waals surface area (Å²) in [5, 5.41) is 2.99. The Morgan fingerprint density at radius 2 is 2.17 bits per heavy atom. The summed E-state index contributed by atoms with van der Waals surface area (Å²) in [5.74, 6) is -0.452. The van der Waals surface area contributed by atoms with E-state index in [1.807, 2.05) is 0 Å². The highest BCUT2D eigenvalue weighted by Gasteiger charge is 2.36. The maximum atomic E-state index is 12.1. The van der Waals surface area contributed by atoms with Crippen molar-refractivity contribution in [2.24, 2.45) is 5.73 Å². The van der Waals surface area contributed by atoms with Gasteiger partial charge in [-0.25, -0.2) is 0 Å². The largest absolute Gasteiger partial charge is 0.483 e. The Morgan fingerprint density at radius 3 is 2.96 bits per heavy atom. The van der Waals surface area contributed by atoms with E-state index in [-0.39, 0.29) is 30.2 Å². The van der Waals surface area contributed by atoms with E-state index in [4.69, 9.17) is 15.2 Å². The number of para-hydroxylation sites is 1. The van der Waals surface area contributed by atoms with Gasteiger partial charge in [0.1, 0.15) is 5.75 Å². The molecule has 1 aromatic carbocycles. The van der Waals surface area contributed by atoms with Gasteiger partial charge in [-0.1, -0.05) is 12.1 Å². The summed E-state index contributed by atoms with van der Waals surface area (Å²) in [6, 6.07) is 7.11. The highest BCUT2D eigenvalue weighted by Crippen LogP contribution is 2.23. The fourth-order valence-electron chi connectivity index (χ4n) is 3.35. The maximum Gasteiger partial charge on any atom is 0.258 e. The first-order chi connectivity index (χ1) is 11.5. The van der Waals surface area contributed by atoms with E-state index in [2.05, 4.69) is 17.1 Å². The van der Waals surface area contributed by atoms with Crippen LogP contribution < -0.4 is 15.8 Å². The van der Waals surface area contributed by atoms with E-state index >= 15 is 0 Å². The number of morpholine rings is 1. The van der Waals surface area contributed by atoms with Crippen LogP contribution in [-0.4, -0.2) is 61.2 Å². The molecule has 2 aliphatic heterocycles. The van der Waals surface area contributed by atoms with E-state index in [1.165, 1.54) is 0 Å². The minimum absolute atomic E-state index is 0.103. The second-order valence-electron chi connectivity index (χ2n) is 6.40. The minimum Gasteiger partial charge on any atom is -0.483 e. The number of hydrogen-bond donors (Lipinski definition) is 2. The molecule has 2 saturated heterocycles. The second-order valence-corrected chi connectivity index (χ2v) is 6.40. The van der Waals surface area contributed by atoms with Gasteiger partial charge in [0.2, 0.25) is 0 Å². The molecule has 0 bridgehead atoms. The molecule has 0 aliphatic carbocycles. The Bertz CT molecular complexity index is 622. The van der Waals surface area contributed by atoms with Crippen LogP contribution in [0, 0.1) is 0 Å². The normalized spacial score (nSPS) is 26.6. The van der Waals surface area contributed by atoms with E-state index in [0.717, 1.165) is 26.1 Å². The van der Waals surface area contributed by atoms with Crippen molar-refractivity contribution >= 4 is 11.8 Å². The van der Waals surface area contributed by atoms with Crippen LogP contribution in [0.5, 0.6) is 5.75 Å². The molecule has 2 fully saturated rings. The Kier molecular flexibility index (Phi) is 5.01. The number of nitrogens with one attached hydrogen (secondary N) is 1. The molecular formula is C17H23N3O4. The Hall–Kier alpha value is -2.12. The first-order valence-corrected chi connectivity index (χ1v) is 8.19. The van der Waals surface area contributed by atoms with Gasteiger partial charge in [0.05, 0.1) is 18.3 Å². The quantitative estimate of drug-likeness (QED) is 0.799. The number of carbonyl (C=O) groups excluding carboxylic acids is 2. The molecule has 0 spiro atoms. The lowest BCUT2D eigenvalue weighted by Gasteiger charge is -2.33. The first kappa shape index (κ1) is 16.7. The van der Waals surface area contributed by atoms with Crippen LogP contribution in [0.25, 0.3) is 0 Å². The first-order valence-electron chi connectivity index (χ1n) is 8.19. The van der Waals surface area contributed by atoms with Crippen LogP contribution >= 0.6 is 0 Å². The Labute approximate surface area is 141 Å². The maximum absolute atomic E-state index is 12.1. The van der Waals surface area contributed by atoms with E-state index in [9.17, 15) is 9.59 Å². The van der Waals surface area contributed by atoms with Crippen molar-refractivity contribution in [2.45, 2.75) is 31.5 Å². The molecule has 130 valence electrons. The molecule has 2 aliphatic rings. The molecule has 1 aromatic rings. The van der Waals surface area contributed by atoms with Crippen LogP contribution in [0.3, 0.4) is 0 Å². The van der Waals surface area contributed by atoms with Crippen molar-refractivity contribution in [3.63, 3.8) is 0 Å². The zero-order valence-electron chi connectivity index (χ0n) is 13.7. The summed E-state index contributed by atoms with van der Waals surface area (Å²) in [7, 11) is 0. The fourth-order valence-corrected chi connectivity index (χ4v) is 3.35. The number of hydrogen-bond acceptors (Lipinski definition) is 5. The molecule has 0 radical (unpaired) electrons. The summed E-state index contributed by atoms with van der Waals surface area (Å²) in [6.45, 7) is 4.38. The molecule has 0 unspecified atom stereocenters. The molecule has 2 heterocycles. The standard InChI is InChI=1S/C17H23N3O4/c1-11-7-20-8-12(6-13(20)9-23-11)19-16(21)10-24-15-5-3-2-4-14(15)17(18)22/h2-5,11-13H,6-10H2,1H3,(H2,18,22)(H,19,21)/t11-,12+,13-/m0/s1. The summed E-state index contributed by atoms with van der Waals surface area (Å²) in [6.07, 6.45) is 1.13. The van der Waals surface area contributed by atoms with Gasteiger partial charge in [-0.15, -0.1) is 0 Å². The molecular weight excluding hydrogens is 310 g/mol. The van der Waals surface area contributed by atoms with Crippen LogP contribution in [0.1, 0.15) is 23.7 Å². The smallest absolute Gasteiger partial charge is 0.258 e. The molecule has 24 heavy (non-hydrogen) atoms. The molecule has 7 nitrogen and oxygen atoms in total. The molecule has 0 saturated carbocycles. The van der Waals surface area contributed by atoms with Gasteiger partial charge < -0.3 is 20.5 Å². The van der Waals surface area contributed by atoms with Crippen molar-refractivity contribution in [2.75, 3.05) is 26.3 Å². The molecule has 3 N–H and O–H groups in total.